The van der Waals surface area contributed by atoms with E-state index in [9.17, 15) is 4.79 Å². The van der Waals surface area contributed by atoms with Crippen LogP contribution in [0.25, 0.3) is 0 Å². The minimum absolute atomic E-state index is 0.0821. The molecule has 1 aromatic carbocycles. The molecule has 0 radical (unpaired) electrons. The van der Waals surface area contributed by atoms with Crippen molar-refractivity contribution in [3.63, 3.8) is 0 Å². The summed E-state index contributed by atoms with van der Waals surface area (Å²) in [6, 6.07) is 5.95. The lowest BCUT2D eigenvalue weighted by atomic mass is 9.99. The summed E-state index contributed by atoms with van der Waals surface area (Å²) in [6.07, 6.45) is 1.76. The van der Waals surface area contributed by atoms with E-state index in [1.165, 1.54) is 0 Å². The first kappa shape index (κ1) is 13.0. The van der Waals surface area contributed by atoms with Crippen molar-refractivity contribution in [2.45, 2.75) is 25.4 Å². The monoisotopic (exact) mass is 288 g/mol. The first-order chi connectivity index (χ1) is 10.2. The number of carbonyl (C=O) groups excluding carboxylic acids is 1. The van der Waals surface area contributed by atoms with Gasteiger partial charge in [0.1, 0.15) is 23.6 Å². The third kappa shape index (κ3) is 1.91. The van der Waals surface area contributed by atoms with Crippen molar-refractivity contribution in [1.82, 2.24) is 0 Å². The van der Waals surface area contributed by atoms with E-state index in [1.54, 1.807) is 0 Å². The quantitative estimate of drug-likeness (QED) is 0.790. The van der Waals surface area contributed by atoms with Gasteiger partial charge in [-0.2, -0.15) is 0 Å². The molecule has 5 heteroatoms. The number of amides is 1. The van der Waals surface area contributed by atoms with Crippen LogP contribution in [-0.2, 0) is 9.53 Å². The van der Waals surface area contributed by atoms with Gasteiger partial charge in [-0.15, -0.1) is 0 Å². The van der Waals surface area contributed by atoms with Crippen LogP contribution in [0.2, 0.25) is 0 Å². The summed E-state index contributed by atoms with van der Waals surface area (Å²) in [7, 11) is 0. The van der Waals surface area contributed by atoms with Gasteiger partial charge in [-0.05, 0) is 31.9 Å². The molecule has 3 aliphatic heterocycles. The third-order valence-electron chi connectivity index (χ3n) is 4.71. The van der Waals surface area contributed by atoms with Crippen LogP contribution in [0.3, 0.4) is 0 Å². The number of nitrogens with zero attached hydrogens (tertiary/aromatic N) is 2. The first-order valence-electron chi connectivity index (χ1n) is 7.66. The van der Waals surface area contributed by atoms with Gasteiger partial charge in [0.25, 0.3) is 5.91 Å². The molecule has 5 nitrogen and oxygen atoms in total. The zero-order valence-corrected chi connectivity index (χ0v) is 12.3. The Morgan fingerprint density at radius 2 is 2.14 bits per heavy atom. The third-order valence-corrected chi connectivity index (χ3v) is 4.71. The number of benzene rings is 1. The molecular weight excluding hydrogens is 268 g/mol. The largest absolute Gasteiger partial charge is 0.489 e. The van der Waals surface area contributed by atoms with Crippen molar-refractivity contribution in [2.75, 3.05) is 42.6 Å². The highest BCUT2D eigenvalue weighted by Gasteiger charge is 2.43. The second-order valence-electron chi connectivity index (χ2n) is 6.10. The summed E-state index contributed by atoms with van der Waals surface area (Å²) in [5.41, 5.74) is 1.35. The smallest absolute Gasteiger partial charge is 0.259 e. The molecule has 0 N–H and O–H groups in total. The molecule has 3 aliphatic rings. The van der Waals surface area contributed by atoms with Crippen LogP contribution in [0.15, 0.2) is 18.2 Å². The molecule has 0 bridgehead atoms. The first-order valence-corrected chi connectivity index (χ1v) is 7.66. The summed E-state index contributed by atoms with van der Waals surface area (Å²) in [6.45, 7) is 5.77. The van der Waals surface area contributed by atoms with E-state index in [-0.39, 0.29) is 5.91 Å². The van der Waals surface area contributed by atoms with Crippen molar-refractivity contribution in [3.05, 3.63) is 18.2 Å². The fourth-order valence-corrected chi connectivity index (χ4v) is 3.55. The highest BCUT2D eigenvalue weighted by Crippen LogP contribution is 2.43. The van der Waals surface area contributed by atoms with E-state index in [2.05, 4.69) is 4.90 Å². The molecule has 0 saturated carbocycles. The van der Waals surface area contributed by atoms with Crippen LogP contribution in [0, 0.1) is 0 Å². The van der Waals surface area contributed by atoms with E-state index in [0.717, 1.165) is 43.1 Å². The number of hydrogen-bond donors (Lipinski definition) is 0. The van der Waals surface area contributed by atoms with Crippen molar-refractivity contribution in [1.29, 1.82) is 0 Å². The fourth-order valence-electron chi connectivity index (χ4n) is 3.55. The van der Waals surface area contributed by atoms with Crippen LogP contribution in [0.1, 0.15) is 19.8 Å². The van der Waals surface area contributed by atoms with Crippen molar-refractivity contribution >= 4 is 17.3 Å². The van der Waals surface area contributed by atoms with Gasteiger partial charge in [0, 0.05) is 19.7 Å². The summed E-state index contributed by atoms with van der Waals surface area (Å²) in [5, 5.41) is 0. The van der Waals surface area contributed by atoms with Crippen LogP contribution in [-0.4, -0.2) is 44.4 Å². The molecule has 1 saturated heterocycles. The van der Waals surface area contributed by atoms with Crippen LogP contribution >= 0.6 is 0 Å². The number of hydrogen-bond acceptors (Lipinski definition) is 4. The maximum atomic E-state index is 13.0. The normalized spacial score (nSPS) is 27.3. The van der Waals surface area contributed by atoms with E-state index < -0.39 is 5.60 Å². The van der Waals surface area contributed by atoms with E-state index in [0.29, 0.717) is 19.8 Å². The molecule has 1 aromatic rings. The van der Waals surface area contributed by atoms with Gasteiger partial charge in [-0.3, -0.25) is 4.79 Å². The SMILES string of the molecule is C[C@]1(C(=O)N2CCN3CCOc4cccc2c43)CCCO1. The Hall–Kier alpha value is -1.75. The molecule has 1 amide bonds. The van der Waals surface area contributed by atoms with Gasteiger partial charge in [0.15, 0.2) is 0 Å². The Labute approximate surface area is 124 Å². The zero-order valence-electron chi connectivity index (χ0n) is 12.3. The van der Waals surface area contributed by atoms with E-state index in [4.69, 9.17) is 9.47 Å². The second-order valence-corrected chi connectivity index (χ2v) is 6.10. The van der Waals surface area contributed by atoms with Crippen molar-refractivity contribution in [2.24, 2.45) is 0 Å². The zero-order chi connectivity index (χ0) is 14.4. The summed E-state index contributed by atoms with van der Waals surface area (Å²) >= 11 is 0. The number of para-hydroxylation sites is 1. The lowest BCUT2D eigenvalue weighted by molar-refractivity contribution is -0.136. The maximum absolute atomic E-state index is 13.0. The molecule has 3 heterocycles. The van der Waals surface area contributed by atoms with Crippen LogP contribution in [0.5, 0.6) is 5.75 Å². The second kappa shape index (κ2) is 4.63. The average molecular weight is 288 g/mol. The fraction of sp³-hybridized carbons (Fsp3) is 0.562. The predicted molar refractivity (Wildman–Crippen MR) is 80.1 cm³/mol. The van der Waals surface area contributed by atoms with Gasteiger partial charge >= 0.3 is 0 Å². The Morgan fingerprint density at radius 1 is 1.24 bits per heavy atom. The lowest BCUT2D eigenvalue weighted by Gasteiger charge is -2.42. The molecule has 0 aliphatic carbocycles. The summed E-state index contributed by atoms with van der Waals surface area (Å²) in [4.78, 5) is 17.2. The number of carbonyl (C=O) groups is 1. The average Bonchev–Trinajstić information content (AvgIpc) is 2.96. The van der Waals surface area contributed by atoms with Gasteiger partial charge in [-0.1, -0.05) is 6.07 Å². The van der Waals surface area contributed by atoms with Gasteiger partial charge in [0.05, 0.1) is 12.2 Å². The van der Waals surface area contributed by atoms with Crippen LogP contribution in [0.4, 0.5) is 11.4 Å². The van der Waals surface area contributed by atoms with Crippen molar-refractivity contribution < 1.29 is 14.3 Å². The molecule has 0 spiro atoms. The van der Waals surface area contributed by atoms with Crippen molar-refractivity contribution in [3.8, 4) is 5.75 Å². The number of anilines is 2. The standard InChI is InChI=1S/C16H20N2O3/c1-16(6-3-10-21-16)15(19)18-8-7-17-9-11-20-13-5-2-4-12(18)14(13)17/h2,4-5H,3,6-11H2,1H3/t16-/m1/s1. The Balaban J connectivity index is 1.74. The molecule has 112 valence electrons. The minimum atomic E-state index is -0.666. The Kier molecular flexibility index (Phi) is 2.85. The van der Waals surface area contributed by atoms with Crippen LogP contribution < -0.4 is 14.5 Å². The molecule has 1 atom stereocenters. The topological polar surface area (TPSA) is 42.0 Å². The molecular formula is C16H20N2O3. The predicted octanol–water partition coefficient (Wildman–Crippen LogP) is 1.80. The van der Waals surface area contributed by atoms with E-state index >= 15 is 0 Å². The Bertz CT molecular complexity index is 581. The summed E-state index contributed by atoms with van der Waals surface area (Å²) < 4.78 is 11.5. The highest BCUT2D eigenvalue weighted by molar-refractivity contribution is 6.03. The lowest BCUT2D eigenvalue weighted by Crippen LogP contribution is -2.53. The number of rotatable bonds is 1. The number of ether oxygens (including phenoxy) is 2. The maximum Gasteiger partial charge on any atom is 0.259 e. The van der Waals surface area contributed by atoms with E-state index in [1.807, 2.05) is 30.0 Å². The highest BCUT2D eigenvalue weighted by atomic mass is 16.5. The molecule has 0 unspecified atom stereocenters. The van der Waals surface area contributed by atoms with Gasteiger partial charge < -0.3 is 19.3 Å². The molecule has 1 fully saturated rings. The molecule has 0 aromatic heterocycles. The van der Waals surface area contributed by atoms with Gasteiger partial charge in [-0.25, -0.2) is 0 Å². The minimum Gasteiger partial charge on any atom is -0.489 e. The molecule has 21 heavy (non-hydrogen) atoms. The Morgan fingerprint density at radius 3 is 2.95 bits per heavy atom. The summed E-state index contributed by atoms with van der Waals surface area (Å²) in [5.74, 6) is 0.965. The molecule has 4 rings (SSSR count). The van der Waals surface area contributed by atoms with Gasteiger partial charge in [0.2, 0.25) is 0 Å².